The molecule has 0 bridgehead atoms. The van der Waals surface area contributed by atoms with Gasteiger partial charge < -0.3 is 10.5 Å². The fraction of sp³-hybridized carbons (Fsp3) is 0.143. The third kappa shape index (κ3) is 3.32. The molecule has 0 amide bonds. The fourth-order valence-corrected chi connectivity index (χ4v) is 2.82. The maximum atomic E-state index is 12.8. The summed E-state index contributed by atoms with van der Waals surface area (Å²) in [4.78, 5) is 0.584. The van der Waals surface area contributed by atoms with Gasteiger partial charge in [0.2, 0.25) is 0 Å². The van der Waals surface area contributed by atoms with E-state index in [1.807, 2.05) is 0 Å². The minimum absolute atomic E-state index is 0.301. The van der Waals surface area contributed by atoms with Crippen LogP contribution < -0.4 is 10.5 Å². The van der Waals surface area contributed by atoms with E-state index in [0.717, 1.165) is 5.56 Å². The van der Waals surface area contributed by atoms with Crippen molar-refractivity contribution in [2.24, 2.45) is 0 Å². The van der Waals surface area contributed by atoms with Crippen LogP contribution in [0.3, 0.4) is 0 Å². The van der Waals surface area contributed by atoms with E-state index in [1.165, 1.54) is 24.3 Å². The molecule has 0 heterocycles. The van der Waals surface area contributed by atoms with Crippen molar-refractivity contribution in [3.05, 3.63) is 53.8 Å². The van der Waals surface area contributed by atoms with E-state index in [2.05, 4.69) is 0 Å². The van der Waals surface area contributed by atoms with Gasteiger partial charge in [-0.3, -0.25) is 4.21 Å². The lowest BCUT2D eigenvalue weighted by molar-refractivity contribution is 0.411. The molecular weight excluding hydrogens is 265 g/mol. The van der Waals surface area contributed by atoms with Gasteiger partial charge in [0.25, 0.3) is 0 Å². The van der Waals surface area contributed by atoms with Gasteiger partial charge in [-0.25, -0.2) is 4.39 Å². The van der Waals surface area contributed by atoms with Crippen molar-refractivity contribution in [2.45, 2.75) is 10.6 Å². The van der Waals surface area contributed by atoms with Gasteiger partial charge in [0.15, 0.2) is 0 Å². The van der Waals surface area contributed by atoms with Gasteiger partial charge in [-0.15, -0.1) is 0 Å². The first-order valence-corrected chi connectivity index (χ1v) is 6.98. The quantitative estimate of drug-likeness (QED) is 0.875. The summed E-state index contributed by atoms with van der Waals surface area (Å²) in [6, 6.07) is 10.9. The summed E-state index contributed by atoms with van der Waals surface area (Å²) < 4.78 is 30.2. The highest BCUT2D eigenvalue weighted by Gasteiger charge is 2.10. The highest BCUT2D eigenvalue weighted by atomic mass is 32.2. The van der Waals surface area contributed by atoms with Crippen LogP contribution in [0.4, 0.5) is 10.1 Å². The zero-order chi connectivity index (χ0) is 13.8. The summed E-state index contributed by atoms with van der Waals surface area (Å²) in [5, 5.41) is 0. The molecule has 0 saturated heterocycles. The maximum Gasteiger partial charge on any atom is 0.125 e. The molecule has 0 aliphatic carbocycles. The van der Waals surface area contributed by atoms with Gasteiger partial charge >= 0.3 is 0 Å². The van der Waals surface area contributed by atoms with Crippen LogP contribution in [-0.2, 0) is 16.6 Å². The number of hydrogen-bond donors (Lipinski definition) is 1. The van der Waals surface area contributed by atoms with Gasteiger partial charge in [0.05, 0.1) is 23.7 Å². The minimum atomic E-state index is -1.25. The Balaban J connectivity index is 2.21. The molecule has 1 atom stereocenters. The molecule has 19 heavy (non-hydrogen) atoms. The Morgan fingerprint density at radius 2 is 1.89 bits per heavy atom. The molecular formula is C14H14FNO2S. The molecule has 5 heteroatoms. The summed E-state index contributed by atoms with van der Waals surface area (Å²) in [5.74, 6) is 0.566. The molecule has 0 aliphatic heterocycles. The molecule has 0 radical (unpaired) electrons. The lowest BCUT2D eigenvalue weighted by Crippen LogP contribution is -2.00. The van der Waals surface area contributed by atoms with Crippen molar-refractivity contribution in [3.63, 3.8) is 0 Å². The second kappa shape index (κ2) is 5.84. The van der Waals surface area contributed by atoms with Gasteiger partial charge in [-0.2, -0.15) is 0 Å². The fourth-order valence-electron chi connectivity index (χ4n) is 1.69. The van der Waals surface area contributed by atoms with Gasteiger partial charge in [0.1, 0.15) is 11.6 Å². The van der Waals surface area contributed by atoms with Crippen molar-refractivity contribution in [1.29, 1.82) is 0 Å². The van der Waals surface area contributed by atoms with Crippen LogP contribution in [0.25, 0.3) is 0 Å². The van der Waals surface area contributed by atoms with E-state index in [-0.39, 0.29) is 5.82 Å². The molecule has 1 unspecified atom stereocenters. The van der Waals surface area contributed by atoms with E-state index in [4.69, 9.17) is 10.5 Å². The standard InChI is InChI=1S/C14H14FNO2S/c1-18-14-8-12(16)5-2-10(14)9-19(17)13-6-3-11(15)4-7-13/h2-8H,9,16H2,1H3. The molecule has 2 aromatic carbocycles. The Morgan fingerprint density at radius 1 is 1.21 bits per heavy atom. The smallest absolute Gasteiger partial charge is 0.125 e. The SMILES string of the molecule is COc1cc(N)ccc1CS(=O)c1ccc(F)cc1. The third-order valence-corrected chi connectivity index (χ3v) is 4.05. The predicted molar refractivity (Wildman–Crippen MR) is 73.9 cm³/mol. The van der Waals surface area contributed by atoms with E-state index in [0.29, 0.717) is 22.1 Å². The number of ether oxygens (including phenoxy) is 1. The first kappa shape index (κ1) is 13.5. The number of hydrogen-bond acceptors (Lipinski definition) is 3. The van der Waals surface area contributed by atoms with E-state index >= 15 is 0 Å². The number of halogens is 1. The summed E-state index contributed by atoms with van der Waals surface area (Å²) in [6.45, 7) is 0. The molecule has 2 N–H and O–H groups in total. The number of anilines is 1. The van der Waals surface area contributed by atoms with Crippen molar-refractivity contribution in [2.75, 3.05) is 12.8 Å². The average Bonchev–Trinajstić information content (AvgIpc) is 2.41. The molecule has 0 saturated carbocycles. The predicted octanol–water partition coefficient (Wildman–Crippen LogP) is 2.72. The topological polar surface area (TPSA) is 52.3 Å². The normalized spacial score (nSPS) is 12.1. The Bertz CT molecular complexity index is 599. The van der Waals surface area contributed by atoms with E-state index < -0.39 is 10.8 Å². The molecule has 0 aromatic heterocycles. The van der Waals surface area contributed by atoms with Crippen LogP contribution in [0.15, 0.2) is 47.4 Å². The largest absolute Gasteiger partial charge is 0.496 e. The number of methoxy groups -OCH3 is 1. The van der Waals surface area contributed by atoms with Crippen molar-refractivity contribution >= 4 is 16.5 Å². The van der Waals surface area contributed by atoms with Crippen molar-refractivity contribution in [1.82, 2.24) is 0 Å². The molecule has 2 aromatic rings. The maximum absolute atomic E-state index is 12.8. The van der Waals surface area contributed by atoms with Crippen LogP contribution in [0, 0.1) is 5.82 Å². The molecule has 0 fully saturated rings. The van der Waals surface area contributed by atoms with Crippen LogP contribution >= 0.6 is 0 Å². The van der Waals surface area contributed by atoms with E-state index in [1.54, 1.807) is 25.3 Å². The Hall–Kier alpha value is -1.88. The monoisotopic (exact) mass is 279 g/mol. The summed E-state index contributed by atoms with van der Waals surface area (Å²) in [6.07, 6.45) is 0. The van der Waals surface area contributed by atoms with Crippen LogP contribution in [0.5, 0.6) is 5.75 Å². The minimum Gasteiger partial charge on any atom is -0.496 e. The summed E-state index contributed by atoms with van der Waals surface area (Å²) >= 11 is 0. The Morgan fingerprint density at radius 3 is 2.53 bits per heavy atom. The van der Waals surface area contributed by atoms with Crippen LogP contribution in [0.2, 0.25) is 0 Å². The van der Waals surface area contributed by atoms with Crippen LogP contribution in [0.1, 0.15) is 5.56 Å². The van der Waals surface area contributed by atoms with Gasteiger partial charge in [-0.05, 0) is 30.3 Å². The Kier molecular flexibility index (Phi) is 4.16. The summed E-state index contributed by atoms with van der Waals surface area (Å²) in [5.41, 5.74) is 7.06. The average molecular weight is 279 g/mol. The third-order valence-electron chi connectivity index (χ3n) is 2.67. The zero-order valence-corrected chi connectivity index (χ0v) is 11.2. The number of rotatable bonds is 4. The first-order chi connectivity index (χ1) is 9.10. The summed E-state index contributed by atoms with van der Waals surface area (Å²) in [7, 11) is 0.292. The second-order valence-electron chi connectivity index (χ2n) is 4.02. The first-order valence-electron chi connectivity index (χ1n) is 5.66. The van der Waals surface area contributed by atoms with Crippen molar-refractivity contribution < 1.29 is 13.3 Å². The van der Waals surface area contributed by atoms with Gasteiger partial charge in [0, 0.05) is 22.2 Å². The van der Waals surface area contributed by atoms with Crippen molar-refractivity contribution in [3.8, 4) is 5.75 Å². The van der Waals surface area contributed by atoms with Crippen LogP contribution in [-0.4, -0.2) is 11.3 Å². The Labute approximate surface area is 113 Å². The van der Waals surface area contributed by atoms with E-state index in [9.17, 15) is 8.60 Å². The highest BCUT2D eigenvalue weighted by molar-refractivity contribution is 7.84. The lowest BCUT2D eigenvalue weighted by Gasteiger charge is -2.09. The molecule has 2 rings (SSSR count). The molecule has 0 aliphatic rings. The number of nitrogens with two attached hydrogens (primary N) is 1. The van der Waals surface area contributed by atoms with Gasteiger partial charge in [-0.1, -0.05) is 6.07 Å². The number of benzene rings is 2. The molecule has 0 spiro atoms. The molecule has 3 nitrogen and oxygen atoms in total. The number of nitrogen functional groups attached to an aromatic ring is 1. The lowest BCUT2D eigenvalue weighted by atomic mass is 10.2. The zero-order valence-electron chi connectivity index (χ0n) is 10.4. The molecule has 100 valence electrons. The highest BCUT2D eigenvalue weighted by Crippen LogP contribution is 2.24. The second-order valence-corrected chi connectivity index (χ2v) is 5.47.